The molecule has 0 aromatic heterocycles. The smallest absolute Gasteiger partial charge is 0.126 e. The normalized spacial score (nSPS) is 33.4. The van der Waals surface area contributed by atoms with Crippen molar-refractivity contribution in [2.24, 2.45) is 16.3 Å². The fourth-order valence-electron chi connectivity index (χ4n) is 5.88. The number of nitrogens with one attached hydrogen (secondary N) is 2. The van der Waals surface area contributed by atoms with Gasteiger partial charge in [-0.15, -0.1) is 0 Å². The van der Waals surface area contributed by atoms with Crippen LogP contribution in [0.4, 0.5) is 0 Å². The van der Waals surface area contributed by atoms with Crippen molar-refractivity contribution in [3.63, 3.8) is 0 Å². The van der Waals surface area contributed by atoms with Crippen LogP contribution in [0.5, 0.6) is 5.75 Å². The molecule has 1 spiro atoms. The lowest BCUT2D eigenvalue weighted by Gasteiger charge is -2.54. The first-order valence-corrected chi connectivity index (χ1v) is 12.4. The quantitative estimate of drug-likeness (QED) is 0.522. The van der Waals surface area contributed by atoms with Crippen molar-refractivity contribution in [3.8, 4) is 5.75 Å². The SMILES string of the molecule is CC1=NCCN1CCN[N-][NH+]1CCC2(CC1)COC1c3cc(Cl)ccc3OC(C)(C)C1C2. The van der Waals surface area contributed by atoms with Crippen molar-refractivity contribution in [2.45, 2.75) is 51.7 Å². The van der Waals surface area contributed by atoms with Gasteiger partial charge in [0.1, 0.15) is 11.4 Å². The molecule has 7 nitrogen and oxygen atoms in total. The van der Waals surface area contributed by atoms with Crippen molar-refractivity contribution in [3.05, 3.63) is 34.3 Å². The summed E-state index contributed by atoms with van der Waals surface area (Å²) >= 11 is 6.29. The zero-order valence-corrected chi connectivity index (χ0v) is 20.2. The Morgan fingerprint density at radius 3 is 2.88 bits per heavy atom. The van der Waals surface area contributed by atoms with E-state index in [4.69, 9.17) is 26.6 Å². The molecule has 176 valence electrons. The molecule has 0 aliphatic carbocycles. The predicted octanol–water partition coefficient (Wildman–Crippen LogP) is 2.78. The molecule has 2 atom stereocenters. The molecule has 1 aromatic rings. The van der Waals surface area contributed by atoms with Crippen molar-refractivity contribution in [1.82, 2.24) is 10.3 Å². The standard InChI is InChI=1S/C24H36ClN5O2/c1-17-26-8-12-29(17)13-9-27-28-30-10-6-24(7-11-30)15-20-22(31-16-24)19-14-18(25)4-5-21(19)32-23(20,2)3/h4-5,14,20,22,27,30H,6-13,15-16H2,1-3H3. The summed E-state index contributed by atoms with van der Waals surface area (Å²) in [5.41, 5.74) is 9.09. The fourth-order valence-corrected chi connectivity index (χ4v) is 6.06. The molecule has 0 radical (unpaired) electrons. The molecule has 4 heterocycles. The number of aliphatic imine (C=N–C) groups is 1. The number of nitrogens with zero attached hydrogens (tertiary/aromatic N) is 3. The van der Waals surface area contributed by atoms with Crippen LogP contribution < -0.4 is 15.2 Å². The highest BCUT2D eigenvalue weighted by molar-refractivity contribution is 6.30. The first kappa shape index (κ1) is 22.4. The Kier molecular flexibility index (Phi) is 6.14. The third-order valence-corrected chi connectivity index (χ3v) is 8.15. The van der Waals surface area contributed by atoms with Crippen molar-refractivity contribution in [2.75, 3.05) is 45.9 Å². The monoisotopic (exact) mass is 461 g/mol. The summed E-state index contributed by atoms with van der Waals surface area (Å²) in [7, 11) is 0. The second-order valence-corrected chi connectivity index (χ2v) is 10.9. The Balaban J connectivity index is 1.15. The maximum atomic E-state index is 6.58. The van der Waals surface area contributed by atoms with Gasteiger partial charge in [-0.05, 0) is 51.9 Å². The zero-order chi connectivity index (χ0) is 22.3. The number of quaternary nitrogens is 1. The maximum Gasteiger partial charge on any atom is 0.126 e. The molecule has 5 rings (SSSR count). The number of halogens is 1. The van der Waals surface area contributed by atoms with Crippen LogP contribution in [0.3, 0.4) is 0 Å². The molecular weight excluding hydrogens is 426 g/mol. The van der Waals surface area contributed by atoms with Gasteiger partial charge >= 0.3 is 0 Å². The molecule has 2 unspecified atom stereocenters. The van der Waals surface area contributed by atoms with Gasteiger partial charge in [-0.25, -0.2) is 0 Å². The van der Waals surface area contributed by atoms with Gasteiger partial charge in [-0.2, -0.15) is 0 Å². The number of ether oxygens (including phenoxy) is 2. The molecule has 0 bridgehead atoms. The molecule has 8 heteroatoms. The lowest BCUT2D eigenvalue weighted by molar-refractivity contribution is -0.874. The lowest BCUT2D eigenvalue weighted by Crippen LogP contribution is -3.10. The van der Waals surface area contributed by atoms with Crippen molar-refractivity contribution in [1.29, 1.82) is 0 Å². The summed E-state index contributed by atoms with van der Waals surface area (Å²) in [6, 6.07) is 5.91. The number of amidine groups is 1. The minimum absolute atomic E-state index is 0.0624. The molecule has 1 aromatic carbocycles. The second-order valence-electron chi connectivity index (χ2n) is 10.4. The highest BCUT2D eigenvalue weighted by Crippen LogP contribution is 2.55. The second kappa shape index (κ2) is 8.76. The highest BCUT2D eigenvalue weighted by atomic mass is 35.5. The molecule has 4 aliphatic rings. The average Bonchev–Trinajstić information content (AvgIpc) is 3.18. The fraction of sp³-hybridized carbons (Fsp3) is 0.708. The summed E-state index contributed by atoms with van der Waals surface area (Å²) in [6.45, 7) is 13.2. The van der Waals surface area contributed by atoms with Crippen LogP contribution in [-0.4, -0.2) is 62.2 Å². The molecule has 4 aliphatic heterocycles. The average molecular weight is 462 g/mol. The van der Waals surface area contributed by atoms with Gasteiger partial charge in [0.05, 0.1) is 38.2 Å². The number of benzene rings is 1. The number of hydrogen-bond donors (Lipinski definition) is 2. The molecule has 0 amide bonds. The summed E-state index contributed by atoms with van der Waals surface area (Å²) in [4.78, 5) is 6.76. The number of fused-ring (bicyclic) bond motifs is 3. The first-order valence-electron chi connectivity index (χ1n) is 12.0. The first-order chi connectivity index (χ1) is 15.4. The highest BCUT2D eigenvalue weighted by Gasteiger charge is 2.53. The van der Waals surface area contributed by atoms with Crippen LogP contribution >= 0.6 is 11.6 Å². The van der Waals surface area contributed by atoms with Crippen LogP contribution in [-0.2, 0) is 4.74 Å². The van der Waals surface area contributed by atoms with E-state index in [1.165, 1.54) is 5.01 Å². The van der Waals surface area contributed by atoms with E-state index in [0.29, 0.717) is 5.92 Å². The molecule has 0 saturated carbocycles. The van der Waals surface area contributed by atoms with E-state index in [1.807, 2.05) is 18.2 Å². The third-order valence-electron chi connectivity index (χ3n) is 7.92. The number of hydrogen-bond acceptors (Lipinski definition) is 5. The van der Waals surface area contributed by atoms with E-state index >= 15 is 0 Å². The molecular formula is C24H36ClN5O2. The van der Waals surface area contributed by atoms with Gasteiger partial charge < -0.3 is 30.3 Å². The van der Waals surface area contributed by atoms with Gasteiger partial charge in [-0.1, -0.05) is 11.6 Å². The summed E-state index contributed by atoms with van der Waals surface area (Å²) < 4.78 is 13.0. The van der Waals surface area contributed by atoms with E-state index in [0.717, 1.165) is 87.3 Å². The van der Waals surface area contributed by atoms with E-state index in [2.05, 4.69) is 36.1 Å². The van der Waals surface area contributed by atoms with Gasteiger partial charge in [0, 0.05) is 47.9 Å². The number of piperidine rings is 1. The lowest BCUT2D eigenvalue weighted by atomic mass is 9.64. The van der Waals surface area contributed by atoms with E-state index in [1.54, 1.807) is 0 Å². The molecule has 2 fully saturated rings. The third kappa shape index (κ3) is 4.38. The number of rotatable bonds is 5. The Morgan fingerprint density at radius 1 is 1.31 bits per heavy atom. The van der Waals surface area contributed by atoms with Gasteiger partial charge in [0.2, 0.25) is 0 Å². The minimum Gasteiger partial charge on any atom is -0.487 e. The van der Waals surface area contributed by atoms with E-state index < -0.39 is 0 Å². The molecule has 32 heavy (non-hydrogen) atoms. The van der Waals surface area contributed by atoms with Gasteiger partial charge in [0.15, 0.2) is 0 Å². The zero-order valence-electron chi connectivity index (χ0n) is 19.5. The maximum absolute atomic E-state index is 6.58. The van der Waals surface area contributed by atoms with Crippen LogP contribution in [0, 0.1) is 11.3 Å². The van der Waals surface area contributed by atoms with Crippen LogP contribution in [0.2, 0.25) is 5.02 Å². The van der Waals surface area contributed by atoms with Crippen LogP contribution in [0.15, 0.2) is 23.2 Å². The summed E-state index contributed by atoms with van der Waals surface area (Å²) in [5, 5.41) is 2.04. The Bertz CT molecular complexity index is 868. The summed E-state index contributed by atoms with van der Waals surface area (Å²) in [6.07, 6.45) is 3.46. The topological polar surface area (TPSA) is 64.6 Å². The van der Waals surface area contributed by atoms with Crippen LogP contribution in [0.25, 0.3) is 5.53 Å². The van der Waals surface area contributed by atoms with Crippen molar-refractivity contribution >= 4 is 17.4 Å². The van der Waals surface area contributed by atoms with E-state index in [-0.39, 0.29) is 17.1 Å². The van der Waals surface area contributed by atoms with Gasteiger partial charge in [-0.3, -0.25) is 4.99 Å². The van der Waals surface area contributed by atoms with Crippen LogP contribution in [0.1, 0.15) is 51.7 Å². The van der Waals surface area contributed by atoms with E-state index in [9.17, 15) is 0 Å². The Labute approximate surface area is 196 Å². The minimum atomic E-state index is -0.258. The summed E-state index contributed by atoms with van der Waals surface area (Å²) in [5.74, 6) is 2.38. The van der Waals surface area contributed by atoms with Gasteiger partial charge in [0.25, 0.3) is 0 Å². The van der Waals surface area contributed by atoms with Crippen molar-refractivity contribution < 1.29 is 14.5 Å². The largest absolute Gasteiger partial charge is 0.487 e. The molecule has 2 N–H and O–H groups in total. The Morgan fingerprint density at radius 2 is 2.12 bits per heavy atom. The predicted molar refractivity (Wildman–Crippen MR) is 126 cm³/mol. The molecule has 2 saturated heterocycles. The Hall–Kier alpha value is -1.38.